The van der Waals surface area contributed by atoms with Crippen molar-refractivity contribution in [2.24, 2.45) is 0 Å². The van der Waals surface area contributed by atoms with Gasteiger partial charge >= 0.3 is 0 Å². The maximum absolute atomic E-state index is 11.6. The molecule has 1 saturated heterocycles. The first-order chi connectivity index (χ1) is 9.82. The van der Waals surface area contributed by atoms with Crippen molar-refractivity contribution < 1.29 is 13.3 Å². The zero-order chi connectivity index (χ0) is 15.6. The molecule has 2 rings (SSSR count). The van der Waals surface area contributed by atoms with Crippen molar-refractivity contribution in [1.82, 2.24) is 0 Å². The van der Waals surface area contributed by atoms with E-state index in [-0.39, 0.29) is 23.2 Å². The Morgan fingerprint density at radius 1 is 1.43 bits per heavy atom. The van der Waals surface area contributed by atoms with Crippen LogP contribution in [0.1, 0.15) is 13.8 Å². The van der Waals surface area contributed by atoms with Crippen molar-refractivity contribution in [2.45, 2.75) is 19.9 Å². The highest BCUT2D eigenvalue weighted by Gasteiger charge is 2.29. The fraction of sp³-hybridized carbons (Fsp3) is 0.538. The number of sulfone groups is 1. The van der Waals surface area contributed by atoms with E-state index < -0.39 is 14.8 Å². The summed E-state index contributed by atoms with van der Waals surface area (Å²) in [7, 11) is -3.01. The molecule has 1 aliphatic rings. The molecule has 0 aromatic heterocycles. The zero-order valence-electron chi connectivity index (χ0n) is 12.1. The molecule has 1 fully saturated rings. The van der Waals surface area contributed by atoms with Gasteiger partial charge in [-0.15, -0.1) is 0 Å². The molecule has 0 radical (unpaired) electrons. The van der Waals surface area contributed by atoms with Gasteiger partial charge in [0.25, 0.3) is 5.69 Å². The van der Waals surface area contributed by atoms with Crippen molar-refractivity contribution in [3.8, 4) is 0 Å². The number of hydrogen-bond donors (Lipinski definition) is 1. The topological polar surface area (TPSA) is 92.6 Å². The summed E-state index contributed by atoms with van der Waals surface area (Å²) in [4.78, 5) is 12.5. The highest BCUT2D eigenvalue weighted by Crippen LogP contribution is 2.29. The maximum atomic E-state index is 11.6. The van der Waals surface area contributed by atoms with Crippen molar-refractivity contribution in [1.29, 1.82) is 0 Å². The molecule has 7 nitrogen and oxygen atoms in total. The molecule has 1 N–H and O–H groups in total. The summed E-state index contributed by atoms with van der Waals surface area (Å²) in [6, 6.07) is 4.61. The molecular weight excluding hydrogens is 294 g/mol. The van der Waals surface area contributed by atoms with E-state index in [1.807, 2.05) is 24.8 Å². The molecular formula is C13H19N3O4S. The van der Waals surface area contributed by atoms with Crippen LogP contribution in [0.25, 0.3) is 0 Å². The number of anilines is 2. The smallest absolute Gasteiger partial charge is 0.273 e. The fourth-order valence-corrected chi connectivity index (χ4v) is 4.11. The first-order valence-electron chi connectivity index (χ1n) is 6.83. The monoisotopic (exact) mass is 313 g/mol. The second kappa shape index (κ2) is 5.88. The predicted octanol–water partition coefficient (Wildman–Crippen LogP) is 1.65. The van der Waals surface area contributed by atoms with Crippen LogP contribution in [0, 0.1) is 10.1 Å². The molecule has 0 amide bonds. The van der Waals surface area contributed by atoms with Crippen LogP contribution < -0.4 is 10.2 Å². The van der Waals surface area contributed by atoms with Gasteiger partial charge in [-0.3, -0.25) is 10.1 Å². The minimum absolute atomic E-state index is 0.00378. The number of nitro benzene ring substituents is 1. The van der Waals surface area contributed by atoms with Gasteiger partial charge in [-0.25, -0.2) is 8.42 Å². The molecule has 1 heterocycles. The number of nitro groups is 1. The van der Waals surface area contributed by atoms with Crippen LogP contribution >= 0.6 is 0 Å². The van der Waals surface area contributed by atoms with E-state index >= 15 is 0 Å². The highest BCUT2D eigenvalue weighted by atomic mass is 32.2. The van der Waals surface area contributed by atoms with Crippen LogP contribution in [0.15, 0.2) is 18.2 Å². The van der Waals surface area contributed by atoms with E-state index in [1.165, 1.54) is 12.1 Å². The molecule has 1 atom stereocenters. The predicted molar refractivity (Wildman–Crippen MR) is 82.7 cm³/mol. The van der Waals surface area contributed by atoms with Crippen LogP contribution in [0.2, 0.25) is 0 Å². The molecule has 0 spiro atoms. The van der Waals surface area contributed by atoms with Crippen LogP contribution in [-0.4, -0.2) is 44.0 Å². The molecule has 116 valence electrons. The van der Waals surface area contributed by atoms with Crippen LogP contribution in [0.5, 0.6) is 0 Å². The number of nitrogens with one attached hydrogen (secondary N) is 1. The lowest BCUT2D eigenvalue weighted by atomic mass is 10.2. The average molecular weight is 313 g/mol. The maximum Gasteiger partial charge on any atom is 0.273 e. The molecule has 1 aromatic carbocycles. The van der Waals surface area contributed by atoms with Gasteiger partial charge in [0, 0.05) is 42.6 Å². The van der Waals surface area contributed by atoms with Crippen molar-refractivity contribution in [2.75, 3.05) is 34.8 Å². The van der Waals surface area contributed by atoms with Crippen molar-refractivity contribution >= 4 is 26.9 Å². The third-order valence-electron chi connectivity index (χ3n) is 3.50. The summed E-state index contributed by atoms with van der Waals surface area (Å²) in [5.74, 6) is 0.156. The molecule has 21 heavy (non-hydrogen) atoms. The van der Waals surface area contributed by atoms with Gasteiger partial charge in [0.05, 0.1) is 16.4 Å². The summed E-state index contributed by atoms with van der Waals surface area (Å²) in [6.07, 6.45) is 0. The first-order valence-corrected chi connectivity index (χ1v) is 8.65. The van der Waals surface area contributed by atoms with Gasteiger partial charge in [0.15, 0.2) is 9.84 Å². The SMILES string of the molecule is CCNc1cc(N2CCS(=O)(=O)CC2C)cc([N+](=O)[O-])c1. The minimum atomic E-state index is -3.01. The van der Waals surface area contributed by atoms with Gasteiger partial charge in [0.1, 0.15) is 0 Å². The number of rotatable bonds is 4. The summed E-state index contributed by atoms with van der Waals surface area (Å²) in [5, 5.41) is 14.1. The fourth-order valence-electron chi connectivity index (χ4n) is 2.55. The number of nitrogens with zero attached hydrogens (tertiary/aromatic N) is 2. The lowest BCUT2D eigenvalue weighted by molar-refractivity contribution is -0.384. The van der Waals surface area contributed by atoms with Gasteiger partial charge in [-0.05, 0) is 19.9 Å². The van der Waals surface area contributed by atoms with Gasteiger partial charge < -0.3 is 10.2 Å². The van der Waals surface area contributed by atoms with Gasteiger partial charge in [0.2, 0.25) is 0 Å². The van der Waals surface area contributed by atoms with E-state index in [1.54, 1.807) is 0 Å². The minimum Gasteiger partial charge on any atom is -0.385 e. The summed E-state index contributed by atoms with van der Waals surface area (Å²) in [6.45, 7) is 4.75. The van der Waals surface area contributed by atoms with Gasteiger partial charge in [-0.2, -0.15) is 0 Å². The molecule has 0 aliphatic carbocycles. The van der Waals surface area contributed by atoms with Crippen LogP contribution in [0.4, 0.5) is 17.1 Å². The molecule has 1 aliphatic heterocycles. The second-order valence-electron chi connectivity index (χ2n) is 5.18. The summed E-state index contributed by atoms with van der Waals surface area (Å²) in [5.41, 5.74) is 1.36. The molecule has 0 bridgehead atoms. The Bertz CT molecular complexity index is 645. The Hall–Kier alpha value is -1.83. The Morgan fingerprint density at radius 3 is 2.71 bits per heavy atom. The Kier molecular flexibility index (Phi) is 4.36. The number of hydrogen-bond acceptors (Lipinski definition) is 6. The molecule has 1 aromatic rings. The zero-order valence-corrected chi connectivity index (χ0v) is 12.9. The lowest BCUT2D eigenvalue weighted by Crippen LogP contribution is -2.47. The Labute approximate surface area is 124 Å². The van der Waals surface area contributed by atoms with E-state index in [2.05, 4.69) is 5.32 Å². The summed E-state index contributed by atoms with van der Waals surface area (Å²) >= 11 is 0. The average Bonchev–Trinajstić information content (AvgIpc) is 2.37. The molecule has 8 heteroatoms. The van der Waals surface area contributed by atoms with E-state index in [0.29, 0.717) is 24.5 Å². The normalized spacial score (nSPS) is 21.0. The van der Waals surface area contributed by atoms with E-state index in [4.69, 9.17) is 0 Å². The number of benzene rings is 1. The third-order valence-corrected chi connectivity index (χ3v) is 5.29. The van der Waals surface area contributed by atoms with Crippen LogP contribution in [-0.2, 0) is 9.84 Å². The largest absolute Gasteiger partial charge is 0.385 e. The number of non-ortho nitro benzene ring substituents is 1. The van der Waals surface area contributed by atoms with Crippen molar-refractivity contribution in [3.05, 3.63) is 28.3 Å². The lowest BCUT2D eigenvalue weighted by Gasteiger charge is -2.35. The second-order valence-corrected chi connectivity index (χ2v) is 7.41. The standard InChI is InChI=1S/C13H19N3O4S/c1-3-14-11-6-12(8-13(7-11)16(17)18)15-4-5-21(19,20)9-10(15)2/h6-8,10,14H,3-5,9H2,1-2H3. The third kappa shape index (κ3) is 3.63. The van der Waals surface area contributed by atoms with Crippen molar-refractivity contribution in [3.63, 3.8) is 0 Å². The van der Waals surface area contributed by atoms with E-state index in [9.17, 15) is 18.5 Å². The Morgan fingerprint density at radius 2 is 2.14 bits per heavy atom. The quantitative estimate of drug-likeness (QED) is 0.671. The first kappa shape index (κ1) is 15.6. The van der Waals surface area contributed by atoms with Crippen LogP contribution in [0.3, 0.4) is 0 Å². The highest BCUT2D eigenvalue weighted by molar-refractivity contribution is 7.91. The molecule has 1 unspecified atom stereocenters. The van der Waals surface area contributed by atoms with E-state index in [0.717, 1.165) is 0 Å². The Balaban J connectivity index is 2.36. The molecule has 0 saturated carbocycles. The summed E-state index contributed by atoms with van der Waals surface area (Å²) < 4.78 is 23.3. The van der Waals surface area contributed by atoms with Gasteiger partial charge in [-0.1, -0.05) is 0 Å².